The van der Waals surface area contributed by atoms with Gasteiger partial charge in [-0.1, -0.05) is 36.4 Å². The van der Waals surface area contributed by atoms with Gasteiger partial charge in [-0.3, -0.25) is 4.79 Å². The second-order valence-electron chi connectivity index (χ2n) is 8.21. The lowest BCUT2D eigenvalue weighted by Crippen LogP contribution is -1.98. The Bertz CT molecular complexity index is 1440. The van der Waals surface area contributed by atoms with Gasteiger partial charge in [0.25, 0.3) is 0 Å². The minimum Gasteiger partial charge on any atom is -0.497 e. The molecule has 0 saturated heterocycles. The van der Waals surface area contributed by atoms with Crippen LogP contribution < -0.4 is 14.2 Å². The number of aryl methyl sites for hydroxylation is 1. The number of methoxy groups -OCH3 is 1. The lowest BCUT2D eigenvalue weighted by Gasteiger charge is -2.10. The van der Waals surface area contributed by atoms with Gasteiger partial charge in [-0.05, 0) is 55.0 Å². The summed E-state index contributed by atoms with van der Waals surface area (Å²) in [5.41, 5.74) is 4.42. The summed E-state index contributed by atoms with van der Waals surface area (Å²) in [7, 11) is 3.62. The summed E-state index contributed by atoms with van der Waals surface area (Å²) in [6.07, 6.45) is 7.76. The quantitative estimate of drug-likeness (QED) is 0.327. The third-order valence-corrected chi connectivity index (χ3v) is 6.00. The molecule has 5 nitrogen and oxygen atoms in total. The molecule has 0 saturated carbocycles. The maximum absolute atomic E-state index is 13.1. The summed E-state index contributed by atoms with van der Waals surface area (Å²) in [6, 6.07) is 19.6. The normalized spacial score (nSPS) is 14.1. The molecule has 0 aliphatic carbocycles. The molecule has 1 aliphatic heterocycles. The van der Waals surface area contributed by atoms with E-state index >= 15 is 0 Å². The fraction of sp³-hybridized carbons (Fsp3) is 0.138. The average molecular weight is 452 g/mol. The molecule has 0 N–H and O–H groups in total. The van der Waals surface area contributed by atoms with Crippen molar-refractivity contribution < 1.29 is 19.0 Å². The Morgan fingerprint density at radius 2 is 1.88 bits per heavy atom. The highest BCUT2D eigenvalue weighted by Gasteiger charge is 2.30. The van der Waals surface area contributed by atoms with Crippen LogP contribution >= 0.6 is 0 Å². The number of fused-ring (bicyclic) bond motifs is 2. The molecule has 170 valence electrons. The van der Waals surface area contributed by atoms with Crippen molar-refractivity contribution in [1.82, 2.24) is 4.57 Å². The van der Waals surface area contributed by atoms with Gasteiger partial charge in [0.05, 0.1) is 12.7 Å². The molecule has 1 aromatic heterocycles. The first-order valence-electron chi connectivity index (χ1n) is 11.1. The van der Waals surface area contributed by atoms with Gasteiger partial charge >= 0.3 is 0 Å². The Hall–Kier alpha value is -4.25. The number of hydrogen-bond donors (Lipinski definition) is 0. The SMILES string of the molecule is COc1ccc2c(c1)c(/C=C1\Oc3c(ccc(OC/C=C/c4ccccc4)c3C)C1=O)cn2C. The van der Waals surface area contributed by atoms with E-state index in [-0.39, 0.29) is 5.78 Å². The van der Waals surface area contributed by atoms with Gasteiger partial charge in [0.1, 0.15) is 23.9 Å². The molecular weight excluding hydrogens is 426 g/mol. The second-order valence-corrected chi connectivity index (χ2v) is 8.21. The van der Waals surface area contributed by atoms with Crippen molar-refractivity contribution in [3.8, 4) is 17.2 Å². The van der Waals surface area contributed by atoms with Crippen molar-refractivity contribution >= 4 is 28.8 Å². The zero-order valence-corrected chi connectivity index (χ0v) is 19.4. The molecule has 0 atom stereocenters. The smallest absolute Gasteiger partial charge is 0.231 e. The van der Waals surface area contributed by atoms with E-state index in [1.54, 1.807) is 19.3 Å². The van der Waals surface area contributed by atoms with E-state index in [1.807, 2.05) is 91.5 Å². The van der Waals surface area contributed by atoms with E-state index in [1.165, 1.54) is 0 Å². The van der Waals surface area contributed by atoms with Crippen LogP contribution in [-0.4, -0.2) is 24.1 Å². The topological polar surface area (TPSA) is 49.7 Å². The van der Waals surface area contributed by atoms with E-state index in [4.69, 9.17) is 14.2 Å². The zero-order chi connectivity index (χ0) is 23.7. The third kappa shape index (κ3) is 3.97. The molecule has 34 heavy (non-hydrogen) atoms. The second kappa shape index (κ2) is 8.94. The van der Waals surface area contributed by atoms with Crippen LogP contribution in [0.15, 0.2) is 78.7 Å². The van der Waals surface area contributed by atoms with E-state index in [2.05, 4.69) is 0 Å². The van der Waals surface area contributed by atoms with Crippen LogP contribution in [0.1, 0.15) is 27.0 Å². The van der Waals surface area contributed by atoms with Gasteiger partial charge in [0, 0.05) is 35.3 Å². The van der Waals surface area contributed by atoms with Crippen molar-refractivity contribution in [3.05, 3.63) is 101 Å². The van der Waals surface area contributed by atoms with Gasteiger partial charge < -0.3 is 18.8 Å². The number of nitrogens with zero attached hydrogens (tertiary/aromatic N) is 1. The Morgan fingerprint density at radius 1 is 1.06 bits per heavy atom. The summed E-state index contributed by atoms with van der Waals surface area (Å²) in [5, 5.41) is 0.993. The third-order valence-electron chi connectivity index (χ3n) is 6.00. The fourth-order valence-corrected chi connectivity index (χ4v) is 4.20. The first kappa shape index (κ1) is 21.6. The highest BCUT2D eigenvalue weighted by atomic mass is 16.5. The zero-order valence-electron chi connectivity index (χ0n) is 19.4. The van der Waals surface area contributed by atoms with Crippen molar-refractivity contribution in [2.24, 2.45) is 7.05 Å². The number of benzene rings is 3. The Kier molecular flexibility index (Phi) is 5.68. The summed E-state index contributed by atoms with van der Waals surface area (Å²) < 4.78 is 19.4. The first-order chi connectivity index (χ1) is 16.5. The highest BCUT2D eigenvalue weighted by Crippen LogP contribution is 2.40. The number of allylic oxidation sites excluding steroid dienone is 1. The molecule has 0 amide bonds. The molecule has 4 aromatic rings. The number of carbonyl (C=O) groups excluding carboxylic acids is 1. The predicted octanol–water partition coefficient (Wildman–Crippen LogP) is 6.20. The number of carbonyl (C=O) groups is 1. The minimum absolute atomic E-state index is 0.131. The molecule has 5 heteroatoms. The van der Waals surface area contributed by atoms with Crippen LogP contribution in [0.3, 0.4) is 0 Å². The minimum atomic E-state index is -0.131. The molecular formula is C29H25NO4. The Balaban J connectivity index is 1.38. The van der Waals surface area contributed by atoms with Gasteiger partial charge in [-0.15, -0.1) is 0 Å². The first-order valence-corrected chi connectivity index (χ1v) is 11.1. The monoisotopic (exact) mass is 451 g/mol. The van der Waals surface area contributed by atoms with Crippen LogP contribution in [0.4, 0.5) is 0 Å². The summed E-state index contributed by atoms with van der Waals surface area (Å²) in [5.74, 6) is 2.18. The molecule has 0 spiro atoms. The summed E-state index contributed by atoms with van der Waals surface area (Å²) >= 11 is 0. The maximum Gasteiger partial charge on any atom is 0.231 e. The van der Waals surface area contributed by atoms with E-state index in [0.717, 1.165) is 33.3 Å². The molecule has 0 fully saturated rings. The van der Waals surface area contributed by atoms with Gasteiger partial charge in [0.2, 0.25) is 5.78 Å². The fourth-order valence-electron chi connectivity index (χ4n) is 4.20. The summed E-state index contributed by atoms with van der Waals surface area (Å²) in [6.45, 7) is 2.33. The van der Waals surface area contributed by atoms with Gasteiger partial charge in [-0.2, -0.15) is 0 Å². The Morgan fingerprint density at radius 3 is 2.68 bits per heavy atom. The van der Waals surface area contributed by atoms with Gasteiger partial charge in [0.15, 0.2) is 5.76 Å². The molecule has 0 unspecified atom stereocenters. The van der Waals surface area contributed by atoms with E-state index in [9.17, 15) is 4.79 Å². The van der Waals surface area contributed by atoms with Crippen LogP contribution in [0.25, 0.3) is 23.1 Å². The van der Waals surface area contributed by atoms with Crippen LogP contribution in [0.2, 0.25) is 0 Å². The van der Waals surface area contributed by atoms with Crippen LogP contribution in [0, 0.1) is 6.92 Å². The number of ether oxygens (including phenoxy) is 3. The van der Waals surface area contributed by atoms with Crippen molar-refractivity contribution in [3.63, 3.8) is 0 Å². The molecule has 0 bridgehead atoms. The van der Waals surface area contributed by atoms with Crippen LogP contribution in [0.5, 0.6) is 17.2 Å². The number of hydrogen-bond acceptors (Lipinski definition) is 4. The largest absolute Gasteiger partial charge is 0.497 e. The number of aromatic nitrogens is 1. The standard InChI is InChI=1S/C29H25NO4/c1-19-26(33-15-7-10-20-8-5-4-6-9-20)14-12-23-28(31)27(34-29(19)23)16-21-18-30(2)25-13-11-22(32-3)17-24(21)25/h4-14,16-18H,15H2,1-3H3/b10-7+,27-16-. The highest BCUT2D eigenvalue weighted by molar-refractivity contribution is 6.15. The van der Waals surface area contributed by atoms with Crippen molar-refractivity contribution in [2.75, 3.05) is 13.7 Å². The van der Waals surface area contributed by atoms with E-state index < -0.39 is 0 Å². The lowest BCUT2D eigenvalue weighted by molar-refractivity contribution is 0.101. The number of Topliss-reactive ketones (excluding diaryl/α,β-unsaturated/α-hetero) is 1. The number of rotatable bonds is 6. The molecule has 0 radical (unpaired) electrons. The molecule has 3 aromatic carbocycles. The Labute approximate surface area is 198 Å². The molecule has 2 heterocycles. The molecule has 1 aliphatic rings. The van der Waals surface area contributed by atoms with Crippen molar-refractivity contribution in [2.45, 2.75) is 6.92 Å². The average Bonchev–Trinajstić information content (AvgIpc) is 3.35. The lowest BCUT2D eigenvalue weighted by atomic mass is 10.1. The van der Waals surface area contributed by atoms with Crippen LogP contribution in [-0.2, 0) is 7.05 Å². The molecule has 5 rings (SSSR count). The number of ketones is 1. The van der Waals surface area contributed by atoms with Gasteiger partial charge in [-0.25, -0.2) is 0 Å². The predicted molar refractivity (Wildman–Crippen MR) is 135 cm³/mol. The van der Waals surface area contributed by atoms with E-state index in [0.29, 0.717) is 29.4 Å². The summed E-state index contributed by atoms with van der Waals surface area (Å²) in [4.78, 5) is 13.1. The maximum atomic E-state index is 13.1. The van der Waals surface area contributed by atoms with Crippen molar-refractivity contribution in [1.29, 1.82) is 0 Å².